The molecule has 0 spiro atoms. The lowest BCUT2D eigenvalue weighted by molar-refractivity contribution is 0.102. The fourth-order valence-electron chi connectivity index (χ4n) is 4.02. The summed E-state index contributed by atoms with van der Waals surface area (Å²) in [5, 5.41) is 2.92. The minimum atomic E-state index is -0.634. The van der Waals surface area contributed by atoms with Crippen molar-refractivity contribution in [2.45, 2.75) is 19.8 Å². The molecule has 1 amide bonds. The van der Waals surface area contributed by atoms with Gasteiger partial charge in [0, 0.05) is 32.7 Å². The molecular weight excluding hydrogens is 399 g/mol. The summed E-state index contributed by atoms with van der Waals surface area (Å²) in [4.78, 5) is 39.7. The van der Waals surface area contributed by atoms with Crippen molar-refractivity contribution >= 4 is 28.3 Å². The Hall–Kier alpha value is -3.42. The minimum Gasteiger partial charge on any atom is -0.370 e. The van der Waals surface area contributed by atoms with E-state index in [-0.39, 0.29) is 5.91 Å². The summed E-state index contributed by atoms with van der Waals surface area (Å²) in [6, 6.07) is 8.90. The second-order valence-corrected chi connectivity index (χ2v) is 8.22. The largest absolute Gasteiger partial charge is 0.370 e. The Morgan fingerprint density at radius 3 is 2.10 bits per heavy atom. The number of carbonyl (C=O) groups excluding carboxylic acids is 1. The van der Waals surface area contributed by atoms with Gasteiger partial charge in [-0.2, -0.15) is 0 Å². The molecule has 0 bridgehead atoms. The second-order valence-electron chi connectivity index (χ2n) is 8.22. The third kappa shape index (κ3) is 3.85. The van der Waals surface area contributed by atoms with Gasteiger partial charge in [0.2, 0.25) is 0 Å². The molecule has 1 aliphatic heterocycles. The van der Waals surface area contributed by atoms with Crippen LogP contribution in [0.5, 0.6) is 0 Å². The normalized spacial score (nSPS) is 14.8. The monoisotopic (exact) mass is 424 g/mol. The van der Waals surface area contributed by atoms with E-state index < -0.39 is 16.9 Å². The molecule has 0 saturated carbocycles. The number of piperidine rings is 1. The number of aromatic nitrogens is 2. The summed E-state index contributed by atoms with van der Waals surface area (Å²) < 4.78 is 15.9. The molecule has 31 heavy (non-hydrogen) atoms. The van der Waals surface area contributed by atoms with Crippen LogP contribution in [0.3, 0.4) is 0 Å². The molecule has 7 nitrogen and oxygen atoms in total. The van der Waals surface area contributed by atoms with E-state index in [2.05, 4.69) is 17.1 Å². The standard InChI is InChI=1S/C23H25FN4O3/c1-14-8-10-28(11-9-14)18-13-20-19(26(2)22(30)23(31)27(20)3)12-17(18)25-21(29)15-4-6-16(24)7-5-15/h4-7,12-14H,8-11H2,1-3H3,(H,25,29). The molecule has 1 fully saturated rings. The van der Waals surface area contributed by atoms with Crippen molar-refractivity contribution in [1.82, 2.24) is 9.13 Å². The van der Waals surface area contributed by atoms with Crippen molar-refractivity contribution in [1.29, 1.82) is 0 Å². The number of hydrogen-bond acceptors (Lipinski definition) is 4. The van der Waals surface area contributed by atoms with Crippen LogP contribution < -0.4 is 21.3 Å². The van der Waals surface area contributed by atoms with E-state index >= 15 is 0 Å². The predicted molar refractivity (Wildman–Crippen MR) is 119 cm³/mol. The molecule has 0 atom stereocenters. The lowest BCUT2D eigenvalue weighted by Crippen LogP contribution is -2.39. The summed E-state index contributed by atoms with van der Waals surface area (Å²) >= 11 is 0. The SMILES string of the molecule is CC1CCN(c2cc3c(cc2NC(=O)c2ccc(F)cc2)n(C)c(=O)c(=O)n3C)CC1. The first-order chi connectivity index (χ1) is 14.8. The number of aryl methyl sites for hydroxylation is 2. The van der Waals surface area contributed by atoms with Gasteiger partial charge in [-0.05, 0) is 55.2 Å². The van der Waals surface area contributed by atoms with Crippen molar-refractivity contribution in [3.8, 4) is 0 Å². The van der Waals surface area contributed by atoms with Crippen LogP contribution >= 0.6 is 0 Å². The molecule has 1 aromatic heterocycles. The number of amides is 1. The molecule has 4 rings (SSSR count). The first kappa shape index (κ1) is 20.8. The maximum absolute atomic E-state index is 13.2. The molecule has 1 N–H and O–H groups in total. The molecule has 0 unspecified atom stereocenters. The van der Waals surface area contributed by atoms with Crippen LogP contribution in [0.15, 0.2) is 46.0 Å². The van der Waals surface area contributed by atoms with Gasteiger partial charge in [-0.1, -0.05) is 6.92 Å². The Morgan fingerprint density at radius 2 is 1.52 bits per heavy atom. The number of nitrogens with zero attached hydrogens (tertiary/aromatic N) is 3. The number of benzene rings is 2. The van der Waals surface area contributed by atoms with Crippen molar-refractivity contribution in [3.63, 3.8) is 0 Å². The van der Waals surface area contributed by atoms with E-state index in [0.717, 1.165) is 31.6 Å². The van der Waals surface area contributed by atoms with E-state index in [0.29, 0.717) is 28.2 Å². The highest BCUT2D eigenvalue weighted by Crippen LogP contribution is 2.33. The number of fused-ring (bicyclic) bond motifs is 1. The lowest BCUT2D eigenvalue weighted by atomic mass is 9.98. The van der Waals surface area contributed by atoms with Crippen molar-refractivity contribution in [3.05, 3.63) is 68.5 Å². The predicted octanol–water partition coefficient (Wildman–Crippen LogP) is 2.86. The average molecular weight is 424 g/mol. The number of anilines is 2. The van der Waals surface area contributed by atoms with Crippen LogP contribution in [-0.4, -0.2) is 28.1 Å². The fourth-order valence-corrected chi connectivity index (χ4v) is 4.02. The zero-order valence-electron chi connectivity index (χ0n) is 17.8. The number of carbonyl (C=O) groups is 1. The number of rotatable bonds is 3. The zero-order chi connectivity index (χ0) is 22.3. The summed E-state index contributed by atoms with van der Waals surface area (Å²) in [6.45, 7) is 3.87. The van der Waals surface area contributed by atoms with Gasteiger partial charge in [-0.3, -0.25) is 14.4 Å². The van der Waals surface area contributed by atoms with Crippen LogP contribution in [0, 0.1) is 11.7 Å². The van der Waals surface area contributed by atoms with Gasteiger partial charge in [-0.25, -0.2) is 4.39 Å². The maximum atomic E-state index is 13.2. The van der Waals surface area contributed by atoms with E-state index in [9.17, 15) is 18.8 Å². The fraction of sp³-hybridized carbons (Fsp3) is 0.348. The smallest absolute Gasteiger partial charge is 0.316 e. The Kier molecular flexibility index (Phi) is 5.39. The van der Waals surface area contributed by atoms with E-state index in [1.807, 2.05) is 6.07 Å². The number of hydrogen-bond donors (Lipinski definition) is 1. The van der Waals surface area contributed by atoms with E-state index in [4.69, 9.17) is 0 Å². The van der Waals surface area contributed by atoms with Gasteiger partial charge in [0.05, 0.1) is 22.4 Å². The second kappa shape index (κ2) is 8.02. The van der Waals surface area contributed by atoms with Crippen molar-refractivity contribution in [2.75, 3.05) is 23.3 Å². The summed E-state index contributed by atoms with van der Waals surface area (Å²) in [5.41, 5.74) is 1.58. The highest BCUT2D eigenvalue weighted by atomic mass is 19.1. The zero-order valence-corrected chi connectivity index (χ0v) is 17.8. The highest BCUT2D eigenvalue weighted by molar-refractivity contribution is 6.07. The Morgan fingerprint density at radius 1 is 0.968 bits per heavy atom. The van der Waals surface area contributed by atoms with Gasteiger partial charge < -0.3 is 19.4 Å². The topological polar surface area (TPSA) is 76.3 Å². The minimum absolute atomic E-state index is 0.328. The van der Waals surface area contributed by atoms with Crippen molar-refractivity contribution in [2.24, 2.45) is 20.0 Å². The molecule has 3 aromatic rings. The molecule has 0 radical (unpaired) electrons. The molecule has 8 heteroatoms. The van der Waals surface area contributed by atoms with Crippen LogP contribution in [0.2, 0.25) is 0 Å². The van der Waals surface area contributed by atoms with E-state index in [1.165, 1.54) is 33.4 Å². The van der Waals surface area contributed by atoms with Gasteiger partial charge in [-0.15, -0.1) is 0 Å². The highest BCUT2D eigenvalue weighted by Gasteiger charge is 2.22. The van der Waals surface area contributed by atoms with E-state index in [1.54, 1.807) is 20.2 Å². The van der Waals surface area contributed by atoms with Crippen LogP contribution in [0.4, 0.5) is 15.8 Å². The molecule has 162 valence electrons. The third-order valence-electron chi connectivity index (χ3n) is 6.09. The van der Waals surface area contributed by atoms with Gasteiger partial charge in [0.1, 0.15) is 5.82 Å². The first-order valence-corrected chi connectivity index (χ1v) is 10.3. The van der Waals surface area contributed by atoms with Gasteiger partial charge >= 0.3 is 11.1 Å². The summed E-state index contributed by atoms with van der Waals surface area (Å²) in [6.07, 6.45) is 2.05. The molecule has 2 aromatic carbocycles. The molecule has 1 saturated heterocycles. The van der Waals surface area contributed by atoms with Crippen LogP contribution in [-0.2, 0) is 14.1 Å². The third-order valence-corrected chi connectivity index (χ3v) is 6.09. The Bertz CT molecular complexity index is 1270. The molecule has 1 aliphatic rings. The van der Waals surface area contributed by atoms with Gasteiger partial charge in [0.15, 0.2) is 0 Å². The van der Waals surface area contributed by atoms with Gasteiger partial charge in [0.25, 0.3) is 5.91 Å². The quantitative estimate of drug-likeness (QED) is 0.656. The number of halogens is 1. The molecule has 2 heterocycles. The molecular formula is C23H25FN4O3. The number of nitrogens with one attached hydrogen (secondary N) is 1. The summed E-state index contributed by atoms with van der Waals surface area (Å²) in [5.74, 6) is -0.166. The van der Waals surface area contributed by atoms with Crippen molar-refractivity contribution < 1.29 is 9.18 Å². The lowest BCUT2D eigenvalue weighted by Gasteiger charge is -2.34. The Labute approximate surface area is 178 Å². The maximum Gasteiger partial charge on any atom is 0.316 e. The first-order valence-electron chi connectivity index (χ1n) is 10.3. The summed E-state index contributed by atoms with van der Waals surface area (Å²) in [7, 11) is 3.12. The Balaban J connectivity index is 1.85. The van der Waals surface area contributed by atoms with Crippen LogP contribution in [0.25, 0.3) is 11.0 Å². The average Bonchev–Trinajstić information content (AvgIpc) is 2.77. The molecule has 0 aliphatic carbocycles. The van der Waals surface area contributed by atoms with Crippen LogP contribution in [0.1, 0.15) is 30.1 Å².